The number of benzene rings is 1. The molecule has 8 nitrogen and oxygen atoms in total. The van der Waals surface area contributed by atoms with E-state index in [-0.39, 0.29) is 5.91 Å². The Balaban J connectivity index is 1.50. The summed E-state index contributed by atoms with van der Waals surface area (Å²) in [6.07, 6.45) is 4.42. The Morgan fingerprint density at radius 2 is 2.00 bits per heavy atom. The minimum absolute atomic E-state index is 0.135. The first-order chi connectivity index (χ1) is 14.6. The van der Waals surface area contributed by atoms with Crippen LogP contribution in [0.4, 0.5) is 0 Å². The number of hydrogen-bond acceptors (Lipinski definition) is 7. The molecule has 3 aromatic rings. The zero-order valence-corrected chi connectivity index (χ0v) is 18.2. The normalized spacial score (nSPS) is 13.4. The maximum atomic E-state index is 12.9. The van der Waals surface area contributed by atoms with Gasteiger partial charge in [-0.2, -0.15) is 0 Å². The average Bonchev–Trinajstić information content (AvgIpc) is 3.34. The molecule has 3 heterocycles. The fourth-order valence-corrected chi connectivity index (χ4v) is 4.41. The van der Waals surface area contributed by atoms with Crippen LogP contribution in [0.2, 0.25) is 0 Å². The van der Waals surface area contributed by atoms with Gasteiger partial charge in [0.1, 0.15) is 16.5 Å². The lowest BCUT2D eigenvalue weighted by Crippen LogP contribution is -2.28. The van der Waals surface area contributed by atoms with Crippen molar-refractivity contribution >= 4 is 17.2 Å². The maximum Gasteiger partial charge on any atom is 0.273 e. The number of carbonyl (C=O) groups is 1. The Labute approximate surface area is 179 Å². The van der Waals surface area contributed by atoms with Crippen molar-refractivity contribution in [1.82, 2.24) is 24.6 Å². The summed E-state index contributed by atoms with van der Waals surface area (Å²) in [5, 5.41) is 11.2. The molecule has 0 aliphatic carbocycles. The maximum absolute atomic E-state index is 12.9. The Morgan fingerprint density at radius 1 is 1.17 bits per heavy atom. The second kappa shape index (κ2) is 8.83. The summed E-state index contributed by atoms with van der Waals surface area (Å²) in [6, 6.07) is 5.60. The van der Waals surface area contributed by atoms with Gasteiger partial charge >= 0.3 is 0 Å². The van der Waals surface area contributed by atoms with Crippen LogP contribution in [0, 0.1) is 0 Å². The van der Waals surface area contributed by atoms with E-state index in [0.717, 1.165) is 48.0 Å². The van der Waals surface area contributed by atoms with Gasteiger partial charge in [-0.05, 0) is 31.0 Å². The van der Waals surface area contributed by atoms with Gasteiger partial charge in [-0.15, -0.1) is 21.5 Å². The van der Waals surface area contributed by atoms with E-state index >= 15 is 0 Å². The highest BCUT2D eigenvalue weighted by Crippen LogP contribution is 2.33. The standard InChI is InChI=1S/C21H25N5O3S/c1-25(12-19-24-23-18-7-5-4-6-10-26(18)19)21(27)15-13-30-20(22-15)14-8-9-16(28-2)17(11-14)29-3/h8-9,11,13H,4-7,10,12H2,1-3H3. The van der Waals surface area contributed by atoms with E-state index in [2.05, 4.69) is 19.7 Å². The third kappa shape index (κ3) is 4.02. The number of carbonyl (C=O) groups excluding carboxylic acids is 1. The highest BCUT2D eigenvalue weighted by atomic mass is 32.1. The van der Waals surface area contributed by atoms with E-state index in [1.165, 1.54) is 17.8 Å². The van der Waals surface area contributed by atoms with Gasteiger partial charge in [0.15, 0.2) is 17.3 Å². The number of fused-ring (bicyclic) bond motifs is 1. The second-order valence-corrected chi connectivity index (χ2v) is 8.12. The molecule has 0 radical (unpaired) electrons. The molecule has 0 unspecified atom stereocenters. The molecule has 0 bridgehead atoms. The van der Waals surface area contributed by atoms with Gasteiger partial charge < -0.3 is 18.9 Å². The third-order valence-corrected chi connectivity index (χ3v) is 6.16. The van der Waals surface area contributed by atoms with Crippen LogP contribution in [0.5, 0.6) is 11.5 Å². The molecular weight excluding hydrogens is 402 g/mol. The Bertz CT molecular complexity index is 1050. The van der Waals surface area contributed by atoms with Crippen LogP contribution in [0.1, 0.15) is 41.4 Å². The molecule has 158 valence electrons. The van der Waals surface area contributed by atoms with Gasteiger partial charge in [-0.25, -0.2) is 4.98 Å². The van der Waals surface area contributed by atoms with Crippen LogP contribution < -0.4 is 9.47 Å². The molecule has 30 heavy (non-hydrogen) atoms. The summed E-state index contributed by atoms with van der Waals surface area (Å²) in [6.45, 7) is 1.33. The minimum atomic E-state index is -0.135. The van der Waals surface area contributed by atoms with Gasteiger partial charge in [0.2, 0.25) is 0 Å². The molecule has 2 aromatic heterocycles. The summed E-state index contributed by atoms with van der Waals surface area (Å²) in [7, 11) is 4.97. The van der Waals surface area contributed by atoms with Crippen molar-refractivity contribution in [2.45, 2.75) is 38.8 Å². The molecular formula is C21H25N5O3S. The number of rotatable bonds is 6. The zero-order chi connectivity index (χ0) is 21.1. The van der Waals surface area contributed by atoms with Crippen LogP contribution in [0.15, 0.2) is 23.6 Å². The van der Waals surface area contributed by atoms with Crippen molar-refractivity contribution in [1.29, 1.82) is 0 Å². The smallest absolute Gasteiger partial charge is 0.273 e. The van der Waals surface area contributed by atoms with Crippen LogP contribution in [-0.4, -0.2) is 51.8 Å². The van der Waals surface area contributed by atoms with Gasteiger partial charge in [0, 0.05) is 31.0 Å². The second-order valence-electron chi connectivity index (χ2n) is 7.26. The molecule has 0 fully saturated rings. The summed E-state index contributed by atoms with van der Waals surface area (Å²) >= 11 is 1.43. The lowest BCUT2D eigenvalue weighted by molar-refractivity contribution is 0.0775. The Kier molecular flexibility index (Phi) is 5.98. The Morgan fingerprint density at radius 3 is 2.80 bits per heavy atom. The van der Waals surface area contributed by atoms with Crippen LogP contribution >= 0.6 is 11.3 Å². The fraction of sp³-hybridized carbons (Fsp3) is 0.429. The molecule has 1 amide bonds. The lowest BCUT2D eigenvalue weighted by Gasteiger charge is -2.16. The summed E-state index contributed by atoms with van der Waals surface area (Å²) in [5.41, 5.74) is 1.30. The fourth-order valence-electron chi connectivity index (χ4n) is 3.62. The van der Waals surface area contributed by atoms with E-state index in [1.807, 2.05) is 18.2 Å². The van der Waals surface area contributed by atoms with E-state index < -0.39 is 0 Å². The number of amides is 1. The summed E-state index contributed by atoms with van der Waals surface area (Å²) in [4.78, 5) is 19.1. The van der Waals surface area contributed by atoms with E-state index in [9.17, 15) is 4.79 Å². The summed E-state index contributed by atoms with van der Waals surface area (Å²) in [5.74, 6) is 3.00. The van der Waals surface area contributed by atoms with Crippen LogP contribution in [-0.2, 0) is 19.5 Å². The number of aryl methyl sites for hydroxylation is 1. The average molecular weight is 428 g/mol. The topological polar surface area (TPSA) is 82.4 Å². The zero-order valence-electron chi connectivity index (χ0n) is 17.4. The number of thiazole rings is 1. The molecule has 0 saturated heterocycles. The van der Waals surface area contributed by atoms with Crippen molar-refractivity contribution < 1.29 is 14.3 Å². The largest absolute Gasteiger partial charge is 0.493 e. The molecule has 1 aromatic carbocycles. The number of methoxy groups -OCH3 is 2. The van der Waals surface area contributed by atoms with Crippen molar-refractivity contribution in [3.8, 4) is 22.1 Å². The van der Waals surface area contributed by atoms with Crippen molar-refractivity contribution in [2.75, 3.05) is 21.3 Å². The highest BCUT2D eigenvalue weighted by Gasteiger charge is 2.21. The number of aromatic nitrogens is 4. The predicted molar refractivity (Wildman–Crippen MR) is 114 cm³/mol. The minimum Gasteiger partial charge on any atom is -0.493 e. The van der Waals surface area contributed by atoms with Crippen LogP contribution in [0.3, 0.4) is 0 Å². The molecule has 9 heteroatoms. The van der Waals surface area contributed by atoms with E-state index in [1.54, 1.807) is 31.5 Å². The molecule has 0 N–H and O–H groups in total. The highest BCUT2D eigenvalue weighted by molar-refractivity contribution is 7.13. The molecule has 0 saturated carbocycles. The SMILES string of the molecule is COc1ccc(-c2nc(C(=O)N(C)Cc3nnc4n3CCCCC4)cs2)cc1OC. The molecule has 0 atom stereocenters. The first-order valence-corrected chi connectivity index (χ1v) is 10.8. The van der Waals surface area contributed by atoms with Crippen molar-refractivity contribution in [2.24, 2.45) is 0 Å². The van der Waals surface area contributed by atoms with E-state index in [4.69, 9.17) is 9.47 Å². The van der Waals surface area contributed by atoms with Crippen LogP contribution in [0.25, 0.3) is 10.6 Å². The molecule has 1 aliphatic rings. The molecule has 4 rings (SSSR count). The monoisotopic (exact) mass is 427 g/mol. The predicted octanol–water partition coefficient (Wildman–Crippen LogP) is 3.42. The quantitative estimate of drug-likeness (QED) is 0.600. The molecule has 0 spiro atoms. The number of ether oxygens (including phenoxy) is 2. The Hall–Kier alpha value is -2.94. The van der Waals surface area contributed by atoms with Gasteiger partial charge in [-0.3, -0.25) is 4.79 Å². The number of hydrogen-bond donors (Lipinski definition) is 0. The van der Waals surface area contributed by atoms with E-state index in [0.29, 0.717) is 23.7 Å². The van der Waals surface area contributed by atoms with Gasteiger partial charge in [0.25, 0.3) is 5.91 Å². The molecule has 1 aliphatic heterocycles. The summed E-state index contributed by atoms with van der Waals surface area (Å²) < 4.78 is 12.8. The third-order valence-electron chi connectivity index (χ3n) is 5.27. The van der Waals surface area contributed by atoms with Crippen molar-refractivity contribution in [3.05, 3.63) is 40.9 Å². The van der Waals surface area contributed by atoms with Crippen molar-refractivity contribution in [3.63, 3.8) is 0 Å². The first kappa shape index (κ1) is 20.3. The van der Waals surface area contributed by atoms with Gasteiger partial charge in [0.05, 0.1) is 20.8 Å². The number of nitrogens with zero attached hydrogens (tertiary/aromatic N) is 5. The lowest BCUT2D eigenvalue weighted by atomic mass is 10.2. The first-order valence-electron chi connectivity index (χ1n) is 9.95. The van der Waals surface area contributed by atoms with Gasteiger partial charge in [-0.1, -0.05) is 6.42 Å².